The van der Waals surface area contributed by atoms with E-state index in [1.807, 2.05) is 0 Å². The summed E-state index contributed by atoms with van der Waals surface area (Å²) < 4.78 is 38.1. The molecule has 1 aromatic carbocycles. The van der Waals surface area contributed by atoms with Crippen molar-refractivity contribution in [2.24, 2.45) is 0 Å². The Bertz CT molecular complexity index is 590. The Morgan fingerprint density at radius 1 is 1.13 bits per heavy atom. The average Bonchev–Trinajstić information content (AvgIpc) is 2.47. The van der Waals surface area contributed by atoms with Gasteiger partial charge in [0.05, 0.1) is 12.0 Å². The molecule has 0 saturated carbocycles. The molecule has 0 aromatic heterocycles. The third-order valence-corrected chi connectivity index (χ3v) is 4.03. The first kappa shape index (κ1) is 17.3. The lowest BCUT2D eigenvalue weighted by molar-refractivity contribution is -0.272. The fourth-order valence-electron chi connectivity index (χ4n) is 2.46. The molecule has 23 heavy (non-hydrogen) atoms. The van der Waals surface area contributed by atoms with Gasteiger partial charge < -0.3 is 15.1 Å². The number of amides is 1. The fraction of sp³-hybridized carbons (Fsp3) is 0.467. The molecule has 1 aliphatic heterocycles. The molecule has 1 heterocycles. The first-order valence-corrected chi connectivity index (χ1v) is 7.01. The normalized spacial score (nSPS) is 17.8. The Kier molecular flexibility index (Phi) is 4.65. The minimum atomic E-state index is -4.70. The van der Waals surface area contributed by atoms with Crippen LogP contribution in [0.3, 0.4) is 0 Å². The molecule has 2 rings (SSSR count). The summed E-state index contributed by atoms with van der Waals surface area (Å²) in [5, 5.41) is 18.3. The number of hydrogen-bond acceptors (Lipinski definition) is 3. The molecule has 1 fully saturated rings. The van der Waals surface area contributed by atoms with Crippen molar-refractivity contribution in [3.8, 4) is 0 Å². The van der Waals surface area contributed by atoms with Crippen LogP contribution in [0.15, 0.2) is 24.3 Å². The van der Waals surface area contributed by atoms with Crippen LogP contribution in [0.2, 0.25) is 0 Å². The number of hydrogen-bond donors (Lipinski definition) is 2. The molecule has 1 aromatic rings. The maximum absolute atomic E-state index is 12.7. The molecule has 1 aliphatic rings. The van der Waals surface area contributed by atoms with Crippen LogP contribution >= 0.6 is 0 Å². The van der Waals surface area contributed by atoms with Gasteiger partial charge in [-0.2, -0.15) is 13.2 Å². The first-order valence-electron chi connectivity index (χ1n) is 7.01. The van der Waals surface area contributed by atoms with E-state index in [1.165, 1.54) is 29.2 Å². The molecule has 8 heteroatoms. The molecule has 126 valence electrons. The molecule has 0 spiro atoms. The zero-order valence-corrected chi connectivity index (χ0v) is 12.1. The highest BCUT2D eigenvalue weighted by atomic mass is 19.4. The molecule has 0 atom stereocenters. The van der Waals surface area contributed by atoms with Crippen LogP contribution in [0.25, 0.3) is 0 Å². The summed E-state index contributed by atoms with van der Waals surface area (Å²) in [6.07, 6.45) is -5.81. The van der Waals surface area contributed by atoms with Gasteiger partial charge in [0.25, 0.3) is 0 Å². The van der Waals surface area contributed by atoms with E-state index in [4.69, 9.17) is 5.11 Å². The number of piperidine rings is 1. The van der Waals surface area contributed by atoms with Crippen molar-refractivity contribution in [2.75, 3.05) is 13.1 Å². The number of nitrogens with zero attached hydrogens (tertiary/aromatic N) is 1. The number of aromatic carboxylic acids is 1. The predicted molar refractivity (Wildman–Crippen MR) is 73.9 cm³/mol. The van der Waals surface area contributed by atoms with Crippen LogP contribution in [0.5, 0.6) is 0 Å². The van der Waals surface area contributed by atoms with Crippen molar-refractivity contribution < 1.29 is 33.0 Å². The number of rotatable bonds is 3. The second-order valence-electron chi connectivity index (χ2n) is 5.59. The summed E-state index contributed by atoms with van der Waals surface area (Å²) >= 11 is 0. The van der Waals surface area contributed by atoms with E-state index in [0.29, 0.717) is 5.56 Å². The van der Waals surface area contributed by atoms with Gasteiger partial charge >= 0.3 is 12.1 Å². The third kappa shape index (κ3) is 3.82. The maximum atomic E-state index is 12.7. The Hall–Kier alpha value is -2.09. The van der Waals surface area contributed by atoms with Crippen molar-refractivity contribution in [1.82, 2.24) is 4.90 Å². The van der Waals surface area contributed by atoms with Gasteiger partial charge in [-0.3, -0.25) is 4.79 Å². The van der Waals surface area contributed by atoms with Crippen molar-refractivity contribution in [2.45, 2.75) is 31.0 Å². The molecular weight excluding hydrogens is 315 g/mol. The van der Waals surface area contributed by atoms with Gasteiger partial charge in [-0.1, -0.05) is 12.1 Å². The number of aliphatic hydroxyl groups is 1. The number of alkyl halides is 3. The van der Waals surface area contributed by atoms with Crippen molar-refractivity contribution >= 4 is 11.9 Å². The van der Waals surface area contributed by atoms with Crippen LogP contribution in [0, 0.1) is 0 Å². The number of carbonyl (C=O) groups excluding carboxylic acids is 1. The van der Waals surface area contributed by atoms with Crippen LogP contribution < -0.4 is 0 Å². The summed E-state index contributed by atoms with van der Waals surface area (Å²) in [6, 6.07) is 5.72. The maximum Gasteiger partial charge on any atom is 0.417 e. The minimum Gasteiger partial charge on any atom is -0.478 e. The fourth-order valence-corrected chi connectivity index (χ4v) is 2.46. The largest absolute Gasteiger partial charge is 0.478 e. The lowest BCUT2D eigenvalue weighted by Gasteiger charge is -2.39. The molecule has 0 aliphatic carbocycles. The molecule has 0 unspecified atom stereocenters. The van der Waals surface area contributed by atoms with E-state index in [2.05, 4.69) is 0 Å². The van der Waals surface area contributed by atoms with E-state index < -0.39 is 30.6 Å². The Morgan fingerprint density at radius 3 is 2.09 bits per heavy atom. The van der Waals surface area contributed by atoms with Gasteiger partial charge in [-0.15, -0.1) is 0 Å². The third-order valence-electron chi connectivity index (χ3n) is 4.03. The van der Waals surface area contributed by atoms with Gasteiger partial charge in [-0.25, -0.2) is 4.79 Å². The van der Waals surface area contributed by atoms with Gasteiger partial charge in [0.2, 0.25) is 5.91 Å². The van der Waals surface area contributed by atoms with Crippen molar-refractivity contribution in [3.63, 3.8) is 0 Å². The van der Waals surface area contributed by atoms with E-state index in [-0.39, 0.29) is 31.0 Å². The second kappa shape index (κ2) is 6.19. The molecule has 2 N–H and O–H groups in total. The van der Waals surface area contributed by atoms with Gasteiger partial charge in [0.1, 0.15) is 0 Å². The summed E-state index contributed by atoms with van der Waals surface area (Å²) in [5.74, 6) is -1.43. The highest BCUT2D eigenvalue weighted by molar-refractivity contribution is 5.87. The van der Waals surface area contributed by atoms with Crippen LogP contribution in [-0.2, 0) is 11.2 Å². The predicted octanol–water partition coefficient (Wildman–Crippen LogP) is 1.84. The zero-order chi connectivity index (χ0) is 17.3. The van der Waals surface area contributed by atoms with Gasteiger partial charge in [-0.05, 0) is 17.7 Å². The quantitative estimate of drug-likeness (QED) is 0.886. The van der Waals surface area contributed by atoms with Crippen LogP contribution in [-0.4, -0.2) is 51.9 Å². The summed E-state index contributed by atoms with van der Waals surface area (Å²) in [5.41, 5.74) is -2.06. The highest BCUT2D eigenvalue weighted by Gasteiger charge is 2.54. The minimum absolute atomic E-state index is 0.0235. The smallest absolute Gasteiger partial charge is 0.417 e. The van der Waals surface area contributed by atoms with E-state index in [0.717, 1.165) is 0 Å². The molecule has 0 bridgehead atoms. The van der Waals surface area contributed by atoms with Gasteiger partial charge in [0, 0.05) is 25.9 Å². The highest BCUT2D eigenvalue weighted by Crippen LogP contribution is 2.38. The molecule has 1 amide bonds. The number of carboxylic acid groups (broad SMARTS) is 1. The molecule has 0 radical (unpaired) electrons. The molecule has 5 nitrogen and oxygen atoms in total. The first-order chi connectivity index (χ1) is 10.6. The number of carbonyl (C=O) groups is 2. The Balaban J connectivity index is 1.94. The molecule has 1 saturated heterocycles. The number of benzene rings is 1. The Labute approximate surface area is 130 Å². The summed E-state index contributed by atoms with van der Waals surface area (Å²) in [4.78, 5) is 24.1. The molecular formula is C15H16F3NO4. The average molecular weight is 331 g/mol. The topological polar surface area (TPSA) is 77.8 Å². The van der Waals surface area contributed by atoms with Gasteiger partial charge in [0.15, 0.2) is 5.60 Å². The second-order valence-corrected chi connectivity index (χ2v) is 5.59. The summed E-state index contributed by atoms with van der Waals surface area (Å²) in [7, 11) is 0. The zero-order valence-electron chi connectivity index (χ0n) is 12.1. The number of carboxylic acids is 1. The Morgan fingerprint density at radius 2 is 1.65 bits per heavy atom. The van der Waals surface area contributed by atoms with Crippen LogP contribution in [0.4, 0.5) is 13.2 Å². The van der Waals surface area contributed by atoms with E-state index in [9.17, 15) is 27.9 Å². The van der Waals surface area contributed by atoms with Crippen LogP contribution in [0.1, 0.15) is 28.8 Å². The van der Waals surface area contributed by atoms with E-state index >= 15 is 0 Å². The van der Waals surface area contributed by atoms with Crippen molar-refractivity contribution in [1.29, 1.82) is 0 Å². The SMILES string of the molecule is O=C(O)c1ccc(CC(=O)N2CCC(O)(C(F)(F)F)CC2)cc1. The summed E-state index contributed by atoms with van der Waals surface area (Å²) in [6.45, 7) is -0.329. The lowest BCUT2D eigenvalue weighted by Crippen LogP contribution is -2.54. The number of likely N-dealkylation sites (tertiary alicyclic amines) is 1. The number of halogens is 3. The standard InChI is InChI=1S/C15H16F3NO4/c16-15(17,18)14(23)5-7-19(8-6-14)12(20)9-10-1-3-11(4-2-10)13(21)22/h1-4,23H,5-9H2,(H,21,22). The van der Waals surface area contributed by atoms with E-state index in [1.54, 1.807) is 0 Å². The lowest BCUT2D eigenvalue weighted by atomic mass is 9.90. The van der Waals surface area contributed by atoms with Crippen molar-refractivity contribution in [3.05, 3.63) is 35.4 Å². The monoisotopic (exact) mass is 331 g/mol.